The number of aromatic nitrogens is 4. The van der Waals surface area contributed by atoms with E-state index in [0.29, 0.717) is 30.3 Å². The Bertz CT molecular complexity index is 1110. The number of nitrogens with zero attached hydrogens (tertiary/aromatic N) is 4. The fourth-order valence-corrected chi connectivity index (χ4v) is 3.55. The number of ether oxygens (including phenoxy) is 1. The van der Waals surface area contributed by atoms with E-state index >= 15 is 0 Å². The summed E-state index contributed by atoms with van der Waals surface area (Å²) in [6.45, 7) is 2.39. The van der Waals surface area contributed by atoms with Crippen molar-refractivity contribution in [3.63, 3.8) is 0 Å². The number of H-pyrrole nitrogens is 1. The molecule has 0 amide bonds. The summed E-state index contributed by atoms with van der Waals surface area (Å²) in [5.74, 6) is 0.218. The topological polar surface area (TPSA) is 84.0 Å². The molecule has 3 heterocycles. The van der Waals surface area contributed by atoms with Gasteiger partial charge in [-0.05, 0) is 31.5 Å². The smallest absolute Gasteiger partial charge is 0.285 e. The summed E-state index contributed by atoms with van der Waals surface area (Å²) >= 11 is 12.2. The van der Waals surface area contributed by atoms with E-state index in [1.165, 1.54) is 30.7 Å². The highest BCUT2D eigenvalue weighted by Crippen LogP contribution is 2.36. The Kier molecular flexibility index (Phi) is 4.91. The predicted molar refractivity (Wildman–Crippen MR) is 103 cm³/mol. The lowest BCUT2D eigenvalue weighted by Gasteiger charge is -2.36. The minimum Gasteiger partial charge on any atom is -0.437 e. The van der Waals surface area contributed by atoms with Gasteiger partial charge < -0.3 is 9.64 Å². The van der Waals surface area contributed by atoms with Crippen LogP contribution in [0.15, 0.2) is 35.5 Å². The van der Waals surface area contributed by atoms with E-state index in [1.807, 2.05) is 11.8 Å². The fourth-order valence-electron chi connectivity index (χ4n) is 3.14. The molecule has 1 N–H and O–H groups in total. The molecule has 1 atom stereocenters. The third-order valence-corrected chi connectivity index (χ3v) is 5.19. The number of anilines is 1. The Morgan fingerprint density at radius 2 is 2.14 bits per heavy atom. The maximum atomic E-state index is 13.3. The molecule has 10 heteroatoms. The lowest BCUT2D eigenvalue weighted by molar-refractivity contribution is 0.441. The van der Waals surface area contributed by atoms with Crippen LogP contribution in [0.25, 0.3) is 0 Å². The molecule has 0 saturated heterocycles. The van der Waals surface area contributed by atoms with E-state index in [2.05, 4.69) is 20.2 Å². The minimum absolute atomic E-state index is 0.0226. The van der Waals surface area contributed by atoms with Gasteiger partial charge in [0.05, 0.1) is 29.1 Å². The van der Waals surface area contributed by atoms with Crippen LogP contribution in [0.1, 0.15) is 18.2 Å². The summed E-state index contributed by atoms with van der Waals surface area (Å²) in [4.78, 5) is 22.3. The third kappa shape index (κ3) is 3.41. The molecule has 28 heavy (non-hydrogen) atoms. The molecule has 3 aromatic rings. The lowest BCUT2D eigenvalue weighted by Crippen LogP contribution is -2.40. The van der Waals surface area contributed by atoms with Gasteiger partial charge in [0.2, 0.25) is 5.88 Å². The molecule has 144 valence electrons. The van der Waals surface area contributed by atoms with Crippen molar-refractivity contribution in [1.82, 2.24) is 20.2 Å². The van der Waals surface area contributed by atoms with Gasteiger partial charge in [0, 0.05) is 11.6 Å². The van der Waals surface area contributed by atoms with Crippen LogP contribution in [-0.2, 0) is 13.0 Å². The van der Waals surface area contributed by atoms with Gasteiger partial charge in [-0.1, -0.05) is 23.2 Å². The van der Waals surface area contributed by atoms with Crippen LogP contribution >= 0.6 is 23.2 Å². The normalized spacial score (nSPS) is 16.0. The largest absolute Gasteiger partial charge is 0.437 e. The first-order valence-corrected chi connectivity index (χ1v) is 9.15. The molecule has 0 saturated carbocycles. The average molecular weight is 422 g/mol. The zero-order chi connectivity index (χ0) is 19.8. The molecular weight excluding hydrogens is 408 g/mol. The fraction of sp³-hybridized carbons (Fsp3) is 0.222. The SMILES string of the molecule is C[C@H]1Cc2c(ncnc2Oc2ccc(F)cc2Cl)CN1c1cn[nH]c(=O)c1Cl. The quantitative estimate of drug-likeness (QED) is 0.692. The summed E-state index contributed by atoms with van der Waals surface area (Å²) in [5, 5.41) is 6.37. The summed E-state index contributed by atoms with van der Waals surface area (Å²) < 4.78 is 19.1. The molecule has 7 nitrogen and oxygen atoms in total. The Balaban J connectivity index is 1.68. The first kappa shape index (κ1) is 18.6. The Hall–Kier alpha value is -2.71. The van der Waals surface area contributed by atoms with Gasteiger partial charge in [0.25, 0.3) is 5.56 Å². The molecule has 0 bridgehead atoms. The van der Waals surface area contributed by atoms with Gasteiger partial charge in [-0.25, -0.2) is 19.5 Å². The number of rotatable bonds is 3. The summed E-state index contributed by atoms with van der Waals surface area (Å²) in [6.07, 6.45) is 3.45. The second-order valence-electron chi connectivity index (χ2n) is 6.36. The zero-order valence-corrected chi connectivity index (χ0v) is 16.1. The number of fused-ring (bicyclic) bond motifs is 1. The van der Waals surface area contributed by atoms with Gasteiger partial charge in [0.1, 0.15) is 22.9 Å². The van der Waals surface area contributed by atoms with E-state index in [9.17, 15) is 9.18 Å². The van der Waals surface area contributed by atoms with E-state index < -0.39 is 11.4 Å². The van der Waals surface area contributed by atoms with E-state index in [0.717, 1.165) is 11.3 Å². The molecular formula is C18H14Cl2FN5O2. The lowest BCUT2D eigenvalue weighted by atomic mass is 9.99. The number of nitrogens with one attached hydrogen (secondary N) is 1. The predicted octanol–water partition coefficient (Wildman–Crippen LogP) is 3.75. The van der Waals surface area contributed by atoms with Crippen molar-refractivity contribution in [2.24, 2.45) is 0 Å². The summed E-state index contributed by atoms with van der Waals surface area (Å²) in [5.41, 5.74) is 1.64. The molecule has 0 unspecified atom stereocenters. The van der Waals surface area contributed by atoms with Crippen molar-refractivity contribution in [3.05, 3.63) is 68.2 Å². The maximum Gasteiger partial charge on any atom is 0.285 e. The van der Waals surface area contributed by atoms with Crippen LogP contribution in [-0.4, -0.2) is 26.2 Å². The van der Waals surface area contributed by atoms with Gasteiger partial charge in [0.15, 0.2) is 0 Å². The van der Waals surface area contributed by atoms with E-state index in [-0.39, 0.29) is 16.1 Å². The van der Waals surface area contributed by atoms with Gasteiger partial charge in [-0.2, -0.15) is 5.10 Å². The highest BCUT2D eigenvalue weighted by molar-refractivity contribution is 6.33. The van der Waals surface area contributed by atoms with Crippen LogP contribution in [0.5, 0.6) is 11.6 Å². The molecule has 1 aliphatic rings. The molecule has 0 fully saturated rings. The van der Waals surface area contributed by atoms with Crippen LogP contribution < -0.4 is 15.2 Å². The summed E-state index contributed by atoms with van der Waals surface area (Å²) in [6, 6.07) is 3.87. The second-order valence-corrected chi connectivity index (χ2v) is 7.15. The highest BCUT2D eigenvalue weighted by Gasteiger charge is 2.29. The Labute approximate surface area is 169 Å². The van der Waals surface area contributed by atoms with Crippen LogP contribution in [0, 0.1) is 5.82 Å². The first-order chi connectivity index (χ1) is 13.4. The van der Waals surface area contributed by atoms with Gasteiger partial charge in [-0.15, -0.1) is 0 Å². The van der Waals surface area contributed by atoms with Gasteiger partial charge >= 0.3 is 0 Å². The molecule has 0 radical (unpaired) electrons. The molecule has 0 aliphatic carbocycles. The highest BCUT2D eigenvalue weighted by atomic mass is 35.5. The van der Waals surface area contributed by atoms with Crippen molar-refractivity contribution < 1.29 is 9.13 Å². The van der Waals surface area contributed by atoms with Crippen molar-refractivity contribution in [3.8, 4) is 11.6 Å². The minimum atomic E-state index is -0.449. The van der Waals surface area contributed by atoms with Crippen LogP contribution in [0.3, 0.4) is 0 Å². The van der Waals surface area contributed by atoms with E-state index in [4.69, 9.17) is 27.9 Å². The molecule has 1 aromatic carbocycles. The second kappa shape index (κ2) is 7.37. The number of benzene rings is 1. The molecule has 4 rings (SSSR count). The number of hydrogen-bond acceptors (Lipinski definition) is 6. The van der Waals surface area contributed by atoms with Crippen molar-refractivity contribution in [1.29, 1.82) is 0 Å². The summed E-state index contributed by atoms with van der Waals surface area (Å²) in [7, 11) is 0. The zero-order valence-electron chi connectivity index (χ0n) is 14.6. The van der Waals surface area contributed by atoms with Crippen molar-refractivity contribution in [2.75, 3.05) is 4.90 Å². The molecule has 2 aromatic heterocycles. The van der Waals surface area contributed by atoms with Crippen molar-refractivity contribution in [2.45, 2.75) is 25.9 Å². The van der Waals surface area contributed by atoms with Crippen molar-refractivity contribution >= 4 is 28.9 Å². The number of hydrogen-bond donors (Lipinski definition) is 1. The Morgan fingerprint density at radius 1 is 1.32 bits per heavy atom. The number of halogens is 3. The van der Waals surface area contributed by atoms with Gasteiger partial charge in [-0.3, -0.25) is 4.79 Å². The van der Waals surface area contributed by atoms with E-state index in [1.54, 1.807) is 0 Å². The Morgan fingerprint density at radius 3 is 2.93 bits per heavy atom. The van der Waals surface area contributed by atoms with Crippen LogP contribution in [0.2, 0.25) is 10.0 Å². The monoisotopic (exact) mass is 421 g/mol. The standard InChI is InChI=1S/C18H14Cl2FN5O2/c1-9-4-11-13(7-26(9)14-6-24-25-17(27)16(14)20)22-8-23-18(11)28-15-3-2-10(21)5-12(15)19/h2-3,5-6,8-9H,4,7H2,1H3,(H,25,27)/t9-/m0/s1. The maximum absolute atomic E-state index is 13.3. The number of aromatic amines is 1. The molecule has 0 spiro atoms. The third-order valence-electron chi connectivity index (χ3n) is 4.53. The average Bonchev–Trinajstić information content (AvgIpc) is 2.66. The first-order valence-electron chi connectivity index (χ1n) is 8.39. The molecule has 1 aliphatic heterocycles. The van der Waals surface area contributed by atoms with Crippen LogP contribution in [0.4, 0.5) is 10.1 Å².